The van der Waals surface area contributed by atoms with Gasteiger partial charge in [0.2, 0.25) is 0 Å². The topological polar surface area (TPSA) is 88.8 Å². The van der Waals surface area contributed by atoms with Crippen LogP contribution in [0.3, 0.4) is 0 Å². The van der Waals surface area contributed by atoms with Crippen LogP contribution in [-0.4, -0.2) is 90.3 Å². The zero-order valence-corrected chi connectivity index (χ0v) is 26.9. The third kappa shape index (κ3) is 6.72. The number of rotatable bonds is 7. The van der Waals surface area contributed by atoms with E-state index in [2.05, 4.69) is 72.8 Å². The van der Waals surface area contributed by atoms with Gasteiger partial charge in [0.15, 0.2) is 0 Å². The van der Waals surface area contributed by atoms with E-state index in [4.69, 9.17) is 14.7 Å². The molecule has 3 aliphatic rings. The van der Waals surface area contributed by atoms with Crippen LogP contribution in [0.25, 0.3) is 10.8 Å². The summed E-state index contributed by atoms with van der Waals surface area (Å²) in [6, 6.07) is 14.5. The maximum atomic E-state index is 13.4. The molecule has 0 N–H and O–H groups in total. The first kappa shape index (κ1) is 32.6. The van der Waals surface area contributed by atoms with E-state index in [1.54, 1.807) is 0 Å². The zero-order valence-electron chi connectivity index (χ0n) is 26.9. The SMILES string of the molecule is C=C(C(=O)N1CCN(c2nc(OC[C@H]3CCCN3C)nc3c2CCCN(c2cccc4cccc(C)c24)C3)C[C@@H]1CC#N)C(F)(F)F. The largest absolute Gasteiger partial charge is 0.462 e. The third-order valence-corrected chi connectivity index (χ3v) is 9.72. The predicted octanol–water partition coefficient (Wildman–Crippen LogP) is 5.41. The van der Waals surface area contributed by atoms with E-state index in [0.717, 1.165) is 54.2 Å². The molecule has 2 fully saturated rings. The molecule has 3 aromatic rings. The number of nitrogens with zero attached hydrogens (tertiary/aromatic N) is 7. The van der Waals surface area contributed by atoms with Gasteiger partial charge in [-0.3, -0.25) is 4.79 Å². The van der Waals surface area contributed by atoms with Crippen molar-refractivity contribution in [3.8, 4) is 12.1 Å². The molecule has 1 amide bonds. The molecule has 0 radical (unpaired) electrons. The van der Waals surface area contributed by atoms with Gasteiger partial charge < -0.3 is 24.3 Å². The molecule has 248 valence electrons. The highest BCUT2D eigenvalue weighted by Crippen LogP contribution is 2.36. The minimum Gasteiger partial charge on any atom is -0.462 e. The summed E-state index contributed by atoms with van der Waals surface area (Å²) in [7, 11) is 2.08. The molecule has 12 heteroatoms. The van der Waals surface area contributed by atoms with Crippen molar-refractivity contribution in [1.82, 2.24) is 19.8 Å². The molecule has 0 aliphatic carbocycles. The van der Waals surface area contributed by atoms with Crippen molar-refractivity contribution < 1.29 is 22.7 Å². The Labute approximate surface area is 273 Å². The van der Waals surface area contributed by atoms with E-state index in [-0.39, 0.29) is 38.1 Å². The van der Waals surface area contributed by atoms with Crippen LogP contribution in [0.4, 0.5) is 24.7 Å². The Bertz CT molecular complexity index is 1700. The van der Waals surface area contributed by atoms with Gasteiger partial charge in [0.1, 0.15) is 18.0 Å². The van der Waals surface area contributed by atoms with Gasteiger partial charge in [-0.1, -0.05) is 36.9 Å². The number of carbonyl (C=O) groups excluding carboxylic acids is 1. The maximum absolute atomic E-state index is 13.4. The fourth-order valence-electron chi connectivity index (χ4n) is 7.14. The first-order valence-electron chi connectivity index (χ1n) is 16.2. The number of likely N-dealkylation sites (tertiary alicyclic amines) is 1. The summed E-state index contributed by atoms with van der Waals surface area (Å²) in [4.78, 5) is 30.5. The molecule has 0 spiro atoms. The summed E-state index contributed by atoms with van der Waals surface area (Å²) in [5.41, 5.74) is 2.70. The lowest BCUT2D eigenvalue weighted by molar-refractivity contribution is -0.141. The average Bonchev–Trinajstić information content (AvgIpc) is 3.34. The Morgan fingerprint density at radius 2 is 1.85 bits per heavy atom. The second-order valence-electron chi connectivity index (χ2n) is 12.8. The van der Waals surface area contributed by atoms with Gasteiger partial charge in [-0.25, -0.2) is 0 Å². The van der Waals surface area contributed by atoms with Crippen molar-refractivity contribution in [2.45, 2.75) is 63.8 Å². The number of piperazine rings is 1. The van der Waals surface area contributed by atoms with E-state index in [0.29, 0.717) is 25.4 Å². The fourth-order valence-corrected chi connectivity index (χ4v) is 7.14. The number of benzene rings is 2. The molecule has 0 bridgehead atoms. The van der Waals surface area contributed by atoms with Crippen LogP contribution >= 0.6 is 0 Å². The summed E-state index contributed by atoms with van der Waals surface area (Å²) in [6.07, 6.45) is -1.30. The molecular weight excluding hydrogens is 607 g/mol. The molecule has 1 aromatic heterocycles. The first-order valence-corrected chi connectivity index (χ1v) is 16.2. The highest BCUT2D eigenvalue weighted by Gasteiger charge is 2.42. The van der Waals surface area contributed by atoms with E-state index in [9.17, 15) is 23.2 Å². The van der Waals surface area contributed by atoms with Crippen molar-refractivity contribution in [2.24, 2.45) is 0 Å². The molecule has 9 nitrogen and oxygen atoms in total. The van der Waals surface area contributed by atoms with Gasteiger partial charge in [-0.15, -0.1) is 0 Å². The number of aromatic nitrogens is 2. The second kappa shape index (κ2) is 13.4. The van der Waals surface area contributed by atoms with Gasteiger partial charge in [-0.2, -0.15) is 28.4 Å². The van der Waals surface area contributed by atoms with E-state index >= 15 is 0 Å². The Hall–Kier alpha value is -4.37. The summed E-state index contributed by atoms with van der Waals surface area (Å²) in [6.45, 7) is 8.32. The molecule has 2 atom stereocenters. The number of ether oxygens (including phenoxy) is 1. The Morgan fingerprint density at radius 1 is 1.06 bits per heavy atom. The van der Waals surface area contributed by atoms with Crippen LogP contribution in [-0.2, 0) is 17.8 Å². The number of halogens is 3. The van der Waals surface area contributed by atoms with E-state index in [1.807, 2.05) is 4.90 Å². The summed E-state index contributed by atoms with van der Waals surface area (Å²) in [5, 5.41) is 11.9. The van der Waals surface area contributed by atoms with Crippen LogP contribution in [0.2, 0.25) is 0 Å². The van der Waals surface area contributed by atoms with E-state index in [1.165, 1.54) is 16.3 Å². The second-order valence-corrected chi connectivity index (χ2v) is 12.8. The lowest BCUT2D eigenvalue weighted by Crippen LogP contribution is -2.56. The molecular formula is C35H40F3N7O2. The molecule has 3 aliphatic heterocycles. The van der Waals surface area contributed by atoms with Crippen LogP contribution < -0.4 is 14.5 Å². The molecule has 2 aromatic carbocycles. The van der Waals surface area contributed by atoms with Gasteiger partial charge in [0.05, 0.1) is 30.8 Å². The minimum atomic E-state index is -4.84. The molecule has 47 heavy (non-hydrogen) atoms. The highest BCUT2D eigenvalue weighted by atomic mass is 19.4. The summed E-state index contributed by atoms with van der Waals surface area (Å²) < 4.78 is 46.4. The highest BCUT2D eigenvalue weighted by molar-refractivity contribution is 5.97. The monoisotopic (exact) mass is 647 g/mol. The number of anilines is 2. The number of amides is 1. The standard InChI is InChI=1S/C35H40F3N7O2/c1-23-8-4-9-25-10-5-13-30(31(23)25)43-17-7-12-28-29(21-43)40-34(47-22-27-11-6-16-42(27)3)41-32(28)44-18-19-45(26(20-44)14-15-39)33(46)24(2)35(36,37)38/h4-5,8-10,13,26-27H,2,6-7,11-12,14,16-22H2,1,3H3/t26-,27+/m0/s1. The number of fused-ring (bicyclic) bond motifs is 2. The van der Waals surface area contributed by atoms with Crippen LogP contribution in [0.1, 0.15) is 42.5 Å². The van der Waals surface area contributed by atoms with Gasteiger partial charge >= 0.3 is 12.2 Å². The third-order valence-electron chi connectivity index (χ3n) is 9.72. The normalized spacial score (nSPS) is 20.6. The van der Waals surface area contributed by atoms with E-state index < -0.39 is 23.7 Å². The Morgan fingerprint density at radius 3 is 2.57 bits per heavy atom. The van der Waals surface area contributed by atoms with Crippen molar-refractivity contribution in [1.29, 1.82) is 5.26 Å². The molecule has 6 rings (SSSR count). The first-order chi connectivity index (χ1) is 22.5. The molecule has 4 heterocycles. The van der Waals surface area contributed by atoms with Gasteiger partial charge in [0, 0.05) is 48.9 Å². The van der Waals surface area contributed by atoms with Gasteiger partial charge in [0.25, 0.3) is 5.91 Å². The average molecular weight is 648 g/mol. The zero-order chi connectivity index (χ0) is 33.3. The van der Waals surface area contributed by atoms with Gasteiger partial charge in [-0.05, 0) is 63.2 Å². The number of hydrogen-bond donors (Lipinski definition) is 0. The summed E-state index contributed by atoms with van der Waals surface area (Å²) in [5.74, 6) is -0.532. The minimum absolute atomic E-state index is 0.00349. The number of nitriles is 1. The lowest BCUT2D eigenvalue weighted by atomic mass is 10.0. The molecule has 0 unspecified atom stereocenters. The van der Waals surface area contributed by atoms with Crippen molar-refractivity contribution in [3.63, 3.8) is 0 Å². The summed E-state index contributed by atoms with van der Waals surface area (Å²) >= 11 is 0. The van der Waals surface area contributed by atoms with Crippen molar-refractivity contribution >= 4 is 28.2 Å². The lowest BCUT2D eigenvalue weighted by Gasteiger charge is -2.42. The number of aryl methyl sites for hydroxylation is 1. The van der Waals surface area contributed by atoms with Crippen molar-refractivity contribution in [3.05, 3.63) is 65.4 Å². The quantitative estimate of drug-likeness (QED) is 0.315. The fraction of sp³-hybridized carbons (Fsp3) is 0.486. The smallest absolute Gasteiger partial charge is 0.421 e. The molecule has 0 saturated carbocycles. The van der Waals surface area contributed by atoms with Crippen molar-refractivity contribution in [2.75, 3.05) is 56.2 Å². The number of alkyl halides is 3. The van der Waals surface area contributed by atoms with Crippen LogP contribution in [0.5, 0.6) is 6.01 Å². The maximum Gasteiger partial charge on any atom is 0.421 e. The number of likely N-dealkylation sites (N-methyl/N-ethyl adjacent to an activating group) is 1. The Kier molecular flexibility index (Phi) is 9.28. The predicted molar refractivity (Wildman–Crippen MR) is 174 cm³/mol. The van der Waals surface area contributed by atoms with Crippen LogP contribution in [0.15, 0.2) is 48.6 Å². The van der Waals surface area contributed by atoms with Crippen LogP contribution in [0, 0.1) is 18.3 Å². The number of hydrogen-bond acceptors (Lipinski definition) is 8. The molecule has 2 saturated heterocycles. The number of carbonyl (C=O) groups is 1. The Balaban J connectivity index is 1.35.